The molecule has 2 aliphatic rings. The second-order valence-electron chi connectivity index (χ2n) is 7.22. The Morgan fingerprint density at radius 1 is 1.18 bits per heavy atom. The van der Waals surface area contributed by atoms with Crippen molar-refractivity contribution < 1.29 is 9.59 Å². The van der Waals surface area contributed by atoms with Gasteiger partial charge in [0.1, 0.15) is 5.78 Å². The Balaban J connectivity index is 1.94. The number of anilines is 1. The molecule has 1 aromatic rings. The van der Waals surface area contributed by atoms with Gasteiger partial charge in [-0.15, -0.1) is 0 Å². The smallest absolute Gasteiger partial charge is 0.231 e. The molecule has 0 unspecified atom stereocenters. The highest BCUT2D eigenvalue weighted by Crippen LogP contribution is 2.70. The zero-order valence-electron chi connectivity index (χ0n) is 12.9. The van der Waals surface area contributed by atoms with E-state index >= 15 is 0 Å². The van der Waals surface area contributed by atoms with E-state index in [1.54, 1.807) is 18.2 Å². The Kier molecular flexibility index (Phi) is 3.39. The van der Waals surface area contributed by atoms with Crippen molar-refractivity contribution in [2.45, 2.75) is 40.0 Å². The highest BCUT2D eigenvalue weighted by molar-refractivity contribution is 6.36. The monoisotopic (exact) mass is 339 g/mol. The van der Waals surface area contributed by atoms with Gasteiger partial charge in [-0.25, -0.2) is 0 Å². The van der Waals surface area contributed by atoms with Crippen LogP contribution in [0.1, 0.15) is 40.0 Å². The predicted octanol–water partition coefficient (Wildman–Crippen LogP) is 4.72. The van der Waals surface area contributed by atoms with Crippen LogP contribution in [0, 0.1) is 16.2 Å². The minimum Gasteiger partial charge on any atom is -0.324 e. The van der Waals surface area contributed by atoms with E-state index in [0.29, 0.717) is 22.2 Å². The largest absolute Gasteiger partial charge is 0.324 e. The molecule has 0 saturated heterocycles. The van der Waals surface area contributed by atoms with Crippen LogP contribution in [-0.4, -0.2) is 11.7 Å². The van der Waals surface area contributed by atoms with Gasteiger partial charge in [0.15, 0.2) is 0 Å². The molecule has 0 radical (unpaired) electrons. The SMILES string of the molecule is CC1(C)[C@@]2(C(=O)Nc3ccc(Cl)cc3Cl)CC[C@@]1(C)C(=O)C2. The number of fused-ring (bicyclic) bond motifs is 2. The van der Waals surface area contributed by atoms with E-state index in [2.05, 4.69) is 5.32 Å². The van der Waals surface area contributed by atoms with Gasteiger partial charge < -0.3 is 5.32 Å². The molecule has 2 bridgehead atoms. The highest BCUT2D eigenvalue weighted by atomic mass is 35.5. The summed E-state index contributed by atoms with van der Waals surface area (Å²) in [5.74, 6) is 0.0809. The van der Waals surface area contributed by atoms with Crippen LogP contribution < -0.4 is 5.32 Å². The molecule has 118 valence electrons. The molecule has 3 nitrogen and oxygen atoms in total. The topological polar surface area (TPSA) is 46.2 Å². The van der Waals surface area contributed by atoms with Crippen molar-refractivity contribution in [3.63, 3.8) is 0 Å². The summed E-state index contributed by atoms with van der Waals surface area (Å²) in [5.41, 5.74) is -0.884. The number of carbonyl (C=O) groups excluding carboxylic acids is 2. The van der Waals surface area contributed by atoms with Gasteiger partial charge in [-0.05, 0) is 36.5 Å². The number of carbonyl (C=O) groups is 2. The van der Waals surface area contributed by atoms with Crippen LogP contribution >= 0.6 is 23.2 Å². The molecule has 1 N–H and O–H groups in total. The number of amides is 1. The maximum atomic E-state index is 13.0. The Bertz CT molecular complexity index is 685. The number of ketones is 1. The molecule has 2 fully saturated rings. The van der Waals surface area contributed by atoms with Crippen molar-refractivity contribution in [3.05, 3.63) is 28.2 Å². The third-order valence-electron chi connectivity index (χ3n) is 6.32. The molecule has 2 saturated carbocycles. The maximum absolute atomic E-state index is 13.0. The van der Waals surface area contributed by atoms with Crippen LogP contribution in [0.15, 0.2) is 18.2 Å². The lowest BCUT2D eigenvalue weighted by Crippen LogP contribution is -2.43. The van der Waals surface area contributed by atoms with Crippen LogP contribution in [0.5, 0.6) is 0 Å². The van der Waals surface area contributed by atoms with Gasteiger partial charge in [0.05, 0.1) is 16.1 Å². The lowest BCUT2D eigenvalue weighted by Gasteiger charge is -2.38. The van der Waals surface area contributed by atoms with Gasteiger partial charge in [0, 0.05) is 16.9 Å². The van der Waals surface area contributed by atoms with E-state index < -0.39 is 10.8 Å². The van der Waals surface area contributed by atoms with E-state index in [4.69, 9.17) is 23.2 Å². The second-order valence-corrected chi connectivity index (χ2v) is 8.06. The fourth-order valence-corrected chi connectivity index (χ4v) is 4.65. The Morgan fingerprint density at radius 2 is 1.86 bits per heavy atom. The number of hydrogen-bond acceptors (Lipinski definition) is 2. The number of Topliss-reactive ketones (excluding diaryl/α,β-unsaturated/α-hetero) is 1. The molecule has 0 spiro atoms. The molecule has 3 rings (SSSR count). The minimum atomic E-state index is -0.651. The van der Waals surface area contributed by atoms with Crippen molar-refractivity contribution in [1.29, 1.82) is 0 Å². The lowest BCUT2D eigenvalue weighted by molar-refractivity contribution is -0.131. The summed E-state index contributed by atoms with van der Waals surface area (Å²) in [4.78, 5) is 25.4. The number of benzene rings is 1. The summed E-state index contributed by atoms with van der Waals surface area (Å²) in [7, 11) is 0. The maximum Gasteiger partial charge on any atom is 0.231 e. The van der Waals surface area contributed by atoms with Gasteiger partial charge >= 0.3 is 0 Å². The normalized spacial score (nSPS) is 32.3. The number of hydrogen-bond donors (Lipinski definition) is 1. The first-order valence-corrected chi connectivity index (χ1v) is 8.19. The Labute approximate surface area is 140 Å². The van der Waals surface area contributed by atoms with Gasteiger partial charge in [-0.2, -0.15) is 0 Å². The Morgan fingerprint density at radius 3 is 2.36 bits per heavy atom. The first-order valence-electron chi connectivity index (χ1n) is 7.44. The quantitative estimate of drug-likeness (QED) is 0.847. The van der Waals surface area contributed by atoms with Crippen LogP contribution in [0.25, 0.3) is 0 Å². The third kappa shape index (κ3) is 1.82. The average molecular weight is 340 g/mol. The van der Waals surface area contributed by atoms with Crippen molar-refractivity contribution in [2.75, 3.05) is 5.32 Å². The fraction of sp³-hybridized carbons (Fsp3) is 0.529. The number of rotatable bonds is 2. The number of halogens is 2. The molecule has 1 amide bonds. The van der Waals surface area contributed by atoms with Gasteiger partial charge in [-0.3, -0.25) is 9.59 Å². The second kappa shape index (κ2) is 4.72. The molecule has 2 aliphatic carbocycles. The van der Waals surface area contributed by atoms with Crippen molar-refractivity contribution in [3.8, 4) is 0 Å². The molecule has 5 heteroatoms. The minimum absolute atomic E-state index is 0.115. The summed E-state index contributed by atoms with van der Waals surface area (Å²) >= 11 is 12.0. The van der Waals surface area contributed by atoms with E-state index in [1.165, 1.54) is 0 Å². The van der Waals surface area contributed by atoms with Gasteiger partial charge in [0.2, 0.25) is 5.91 Å². The van der Waals surface area contributed by atoms with Gasteiger partial charge in [0.25, 0.3) is 0 Å². The average Bonchev–Trinajstić information content (AvgIpc) is 2.72. The van der Waals surface area contributed by atoms with Crippen LogP contribution in [0.3, 0.4) is 0 Å². The molecule has 1 aromatic carbocycles. The van der Waals surface area contributed by atoms with Crippen molar-refractivity contribution >= 4 is 40.6 Å². The summed E-state index contributed by atoms with van der Waals surface area (Å²) in [6, 6.07) is 4.97. The van der Waals surface area contributed by atoms with Gasteiger partial charge in [-0.1, -0.05) is 44.0 Å². The highest BCUT2D eigenvalue weighted by Gasteiger charge is 2.72. The summed E-state index contributed by atoms with van der Waals surface area (Å²) < 4.78 is 0. The molecular formula is C17H19Cl2NO2. The standard InChI is InChI=1S/C17H19Cl2NO2/c1-15(2)16(3)6-7-17(15,9-13(16)21)14(22)20-12-5-4-10(18)8-11(12)19/h4-5,8H,6-7,9H2,1-3H3,(H,20,22)/t16-,17-/m0/s1. The molecule has 0 aromatic heterocycles. The summed E-state index contributed by atoms with van der Waals surface area (Å²) in [6.07, 6.45) is 1.81. The Hall–Kier alpha value is -1.06. The van der Waals surface area contributed by atoms with E-state index in [9.17, 15) is 9.59 Å². The van der Waals surface area contributed by atoms with E-state index in [-0.39, 0.29) is 17.1 Å². The van der Waals surface area contributed by atoms with Crippen molar-refractivity contribution in [2.24, 2.45) is 16.2 Å². The molecule has 0 heterocycles. The summed E-state index contributed by atoms with van der Waals surface area (Å²) in [5, 5.41) is 3.83. The van der Waals surface area contributed by atoms with Crippen LogP contribution in [0.4, 0.5) is 5.69 Å². The first-order chi connectivity index (χ1) is 10.1. The van der Waals surface area contributed by atoms with Crippen LogP contribution in [-0.2, 0) is 9.59 Å². The fourth-order valence-electron chi connectivity index (χ4n) is 4.19. The van der Waals surface area contributed by atoms with E-state index in [0.717, 1.165) is 12.8 Å². The first kappa shape index (κ1) is 15.8. The third-order valence-corrected chi connectivity index (χ3v) is 6.87. The predicted molar refractivity (Wildman–Crippen MR) is 88.3 cm³/mol. The van der Waals surface area contributed by atoms with Crippen molar-refractivity contribution in [1.82, 2.24) is 0 Å². The van der Waals surface area contributed by atoms with E-state index in [1.807, 2.05) is 20.8 Å². The molecule has 2 atom stereocenters. The van der Waals surface area contributed by atoms with Crippen LogP contribution in [0.2, 0.25) is 10.0 Å². The molecule has 0 aliphatic heterocycles. The zero-order chi connectivity index (χ0) is 16.3. The zero-order valence-corrected chi connectivity index (χ0v) is 14.4. The lowest BCUT2D eigenvalue weighted by atomic mass is 9.64. The molecule has 22 heavy (non-hydrogen) atoms. The summed E-state index contributed by atoms with van der Waals surface area (Å²) in [6.45, 7) is 6.06. The molecular weight excluding hydrogens is 321 g/mol. The number of nitrogens with one attached hydrogen (secondary N) is 1.